The lowest BCUT2D eigenvalue weighted by molar-refractivity contribution is 0.260. The summed E-state index contributed by atoms with van der Waals surface area (Å²) in [4.78, 5) is 10.3. The van der Waals surface area contributed by atoms with Crippen LogP contribution in [0.5, 0.6) is 0 Å². The molecule has 2 aliphatic heterocycles. The molecule has 0 amide bonds. The van der Waals surface area contributed by atoms with Crippen LogP contribution in [0.15, 0.2) is 34.6 Å². The van der Waals surface area contributed by atoms with Gasteiger partial charge in [0.2, 0.25) is 0 Å². The molecule has 1 aromatic carbocycles. The number of guanidine groups is 1. The maximum atomic E-state index is 14.0. The Labute approximate surface area is 197 Å². The Morgan fingerprint density at radius 1 is 1.27 bits per heavy atom. The third-order valence-electron chi connectivity index (χ3n) is 5.61. The van der Waals surface area contributed by atoms with Crippen LogP contribution in [0.3, 0.4) is 0 Å². The largest absolute Gasteiger partial charge is 0.367 e. The number of benzene rings is 1. The normalized spacial score (nSPS) is 19.4. The molecular formula is C21H28F2IN5S. The number of hydrogen-bond acceptors (Lipinski definition) is 4. The summed E-state index contributed by atoms with van der Waals surface area (Å²) in [6, 6.07) is 6.16. The fourth-order valence-corrected chi connectivity index (χ4v) is 4.94. The molecule has 1 unspecified atom stereocenters. The molecule has 0 aliphatic carbocycles. The molecule has 4 rings (SSSR count). The van der Waals surface area contributed by atoms with Gasteiger partial charge in [-0.1, -0.05) is 0 Å². The molecule has 0 radical (unpaired) electrons. The van der Waals surface area contributed by atoms with Crippen molar-refractivity contribution in [1.82, 2.24) is 15.5 Å². The van der Waals surface area contributed by atoms with Crippen LogP contribution in [-0.4, -0.2) is 56.7 Å². The van der Waals surface area contributed by atoms with E-state index < -0.39 is 11.6 Å². The van der Waals surface area contributed by atoms with Gasteiger partial charge in [0.15, 0.2) is 5.96 Å². The van der Waals surface area contributed by atoms with Crippen molar-refractivity contribution in [2.24, 2.45) is 4.99 Å². The van der Waals surface area contributed by atoms with Crippen LogP contribution >= 0.6 is 35.3 Å². The van der Waals surface area contributed by atoms with E-state index in [0.29, 0.717) is 12.2 Å². The number of nitrogens with zero attached hydrogens (tertiary/aromatic N) is 3. The standard InChI is InChI=1S/C21H27F2N5S.HI/c1-24-21(25-7-10-27-8-5-20-15(13-27)6-11-29-20)26-17-4-9-28(14-17)19-3-2-16(22)12-18(19)23;/h2-3,6,11-12,17H,4-5,7-10,13-14H2,1H3,(H2,24,25,26);1H. The Hall–Kier alpha value is -1.46. The summed E-state index contributed by atoms with van der Waals surface area (Å²) in [6.45, 7) is 5.30. The molecule has 0 saturated carbocycles. The summed E-state index contributed by atoms with van der Waals surface area (Å²) in [5, 5.41) is 9.00. The maximum absolute atomic E-state index is 14.0. The van der Waals surface area contributed by atoms with Crippen LogP contribution in [-0.2, 0) is 13.0 Å². The van der Waals surface area contributed by atoms with Crippen molar-refractivity contribution >= 4 is 47.0 Å². The minimum atomic E-state index is -0.548. The van der Waals surface area contributed by atoms with Crippen LogP contribution in [0.4, 0.5) is 14.5 Å². The molecule has 30 heavy (non-hydrogen) atoms. The molecule has 1 atom stereocenters. The number of nitrogens with one attached hydrogen (secondary N) is 2. The first kappa shape index (κ1) is 23.2. The second-order valence-corrected chi connectivity index (χ2v) is 8.57. The molecule has 9 heteroatoms. The van der Waals surface area contributed by atoms with E-state index in [1.165, 1.54) is 22.6 Å². The fourth-order valence-electron chi connectivity index (χ4n) is 4.05. The molecule has 3 heterocycles. The van der Waals surface area contributed by atoms with E-state index in [1.807, 2.05) is 16.2 Å². The van der Waals surface area contributed by atoms with E-state index in [2.05, 4.69) is 32.0 Å². The number of thiophene rings is 1. The van der Waals surface area contributed by atoms with Crippen LogP contribution < -0.4 is 15.5 Å². The third-order valence-corrected chi connectivity index (χ3v) is 6.63. The highest BCUT2D eigenvalue weighted by molar-refractivity contribution is 14.0. The van der Waals surface area contributed by atoms with E-state index in [0.717, 1.165) is 57.6 Å². The topological polar surface area (TPSA) is 42.9 Å². The van der Waals surface area contributed by atoms with Gasteiger partial charge in [-0.25, -0.2) is 8.78 Å². The SMILES string of the molecule is CN=C(NCCN1CCc2sccc2C1)NC1CCN(c2ccc(F)cc2F)C1.I. The van der Waals surface area contributed by atoms with Gasteiger partial charge in [0.05, 0.1) is 5.69 Å². The fraction of sp³-hybridized carbons (Fsp3) is 0.476. The van der Waals surface area contributed by atoms with E-state index in [1.54, 1.807) is 7.05 Å². The minimum absolute atomic E-state index is 0. The van der Waals surface area contributed by atoms with Crippen molar-refractivity contribution in [2.45, 2.75) is 25.4 Å². The number of halogens is 3. The number of hydrogen-bond donors (Lipinski definition) is 2. The van der Waals surface area contributed by atoms with E-state index >= 15 is 0 Å². The minimum Gasteiger partial charge on any atom is -0.367 e. The van der Waals surface area contributed by atoms with Crippen molar-refractivity contribution in [3.05, 3.63) is 51.7 Å². The summed E-state index contributed by atoms with van der Waals surface area (Å²) in [7, 11) is 1.76. The van der Waals surface area contributed by atoms with E-state index in [9.17, 15) is 8.78 Å². The summed E-state index contributed by atoms with van der Waals surface area (Å²) < 4.78 is 27.2. The summed E-state index contributed by atoms with van der Waals surface area (Å²) in [5.41, 5.74) is 1.92. The lowest BCUT2D eigenvalue weighted by Gasteiger charge is -2.27. The summed E-state index contributed by atoms with van der Waals surface area (Å²) >= 11 is 1.86. The number of anilines is 1. The molecule has 2 aromatic rings. The first-order valence-corrected chi connectivity index (χ1v) is 10.9. The van der Waals surface area contributed by atoms with Crippen LogP contribution in [0.1, 0.15) is 16.9 Å². The first-order chi connectivity index (χ1) is 14.1. The van der Waals surface area contributed by atoms with Crippen molar-refractivity contribution in [3.63, 3.8) is 0 Å². The zero-order valence-electron chi connectivity index (χ0n) is 17.0. The zero-order chi connectivity index (χ0) is 20.2. The predicted molar refractivity (Wildman–Crippen MR) is 130 cm³/mol. The van der Waals surface area contributed by atoms with Gasteiger partial charge < -0.3 is 15.5 Å². The highest BCUT2D eigenvalue weighted by atomic mass is 127. The number of rotatable bonds is 5. The zero-order valence-corrected chi connectivity index (χ0v) is 20.2. The molecule has 5 nitrogen and oxygen atoms in total. The second-order valence-electron chi connectivity index (χ2n) is 7.57. The van der Waals surface area contributed by atoms with Gasteiger partial charge in [-0.15, -0.1) is 35.3 Å². The smallest absolute Gasteiger partial charge is 0.191 e. The molecular weight excluding hydrogens is 519 g/mol. The molecule has 0 spiro atoms. The molecule has 2 aliphatic rings. The van der Waals surface area contributed by atoms with Crippen molar-refractivity contribution in [3.8, 4) is 0 Å². The van der Waals surface area contributed by atoms with Gasteiger partial charge in [0.25, 0.3) is 0 Å². The average molecular weight is 547 g/mol. The lowest BCUT2D eigenvalue weighted by Crippen LogP contribution is -2.47. The van der Waals surface area contributed by atoms with E-state index in [-0.39, 0.29) is 30.0 Å². The van der Waals surface area contributed by atoms with Crippen molar-refractivity contribution < 1.29 is 8.78 Å². The maximum Gasteiger partial charge on any atom is 0.191 e. The summed E-state index contributed by atoms with van der Waals surface area (Å²) in [5.74, 6) is -0.290. The van der Waals surface area contributed by atoms with Gasteiger partial charge in [0, 0.05) is 63.3 Å². The molecule has 0 bridgehead atoms. The van der Waals surface area contributed by atoms with Crippen molar-refractivity contribution in [2.75, 3.05) is 44.7 Å². The molecule has 2 N–H and O–H groups in total. The Kier molecular flexibility index (Phi) is 8.29. The molecule has 1 aromatic heterocycles. The Bertz CT molecular complexity index is 875. The van der Waals surface area contributed by atoms with E-state index in [4.69, 9.17) is 0 Å². The van der Waals surface area contributed by atoms with Crippen LogP contribution in [0.2, 0.25) is 0 Å². The monoisotopic (exact) mass is 547 g/mol. The van der Waals surface area contributed by atoms with Gasteiger partial charge in [0.1, 0.15) is 11.6 Å². The highest BCUT2D eigenvalue weighted by Gasteiger charge is 2.25. The van der Waals surface area contributed by atoms with Gasteiger partial charge in [-0.05, 0) is 42.0 Å². The highest BCUT2D eigenvalue weighted by Crippen LogP contribution is 2.25. The molecule has 164 valence electrons. The lowest BCUT2D eigenvalue weighted by atomic mass is 10.1. The second kappa shape index (κ2) is 10.7. The van der Waals surface area contributed by atoms with Gasteiger partial charge in [-0.2, -0.15) is 0 Å². The Morgan fingerprint density at radius 3 is 2.93 bits per heavy atom. The number of aliphatic imine (C=N–C) groups is 1. The Morgan fingerprint density at radius 2 is 2.13 bits per heavy atom. The van der Waals surface area contributed by atoms with Gasteiger partial charge in [-0.3, -0.25) is 9.89 Å². The average Bonchev–Trinajstić information content (AvgIpc) is 3.36. The van der Waals surface area contributed by atoms with Crippen molar-refractivity contribution in [1.29, 1.82) is 0 Å². The predicted octanol–water partition coefficient (Wildman–Crippen LogP) is 3.45. The first-order valence-electron chi connectivity index (χ1n) is 10.1. The quantitative estimate of drug-likeness (QED) is 0.342. The summed E-state index contributed by atoms with van der Waals surface area (Å²) in [6.07, 6.45) is 2.02. The molecule has 1 saturated heterocycles. The third kappa shape index (κ3) is 5.61. The van der Waals surface area contributed by atoms with Crippen LogP contribution in [0, 0.1) is 11.6 Å². The Balaban J connectivity index is 0.00000256. The molecule has 1 fully saturated rings. The van der Waals surface area contributed by atoms with Crippen LogP contribution in [0.25, 0.3) is 0 Å². The number of fused-ring (bicyclic) bond motifs is 1. The van der Waals surface area contributed by atoms with Gasteiger partial charge >= 0.3 is 0 Å².